The summed E-state index contributed by atoms with van der Waals surface area (Å²) in [5, 5.41) is 8.52. The molecule has 0 spiro atoms. The van der Waals surface area contributed by atoms with E-state index >= 15 is 0 Å². The number of nitrogens with one attached hydrogen (secondary N) is 2. The second kappa shape index (κ2) is 7.92. The molecule has 2 N–H and O–H groups in total. The number of rotatable bonds is 6. The summed E-state index contributed by atoms with van der Waals surface area (Å²) >= 11 is 0. The highest BCUT2D eigenvalue weighted by atomic mass is 19.1. The molecule has 0 unspecified atom stereocenters. The summed E-state index contributed by atoms with van der Waals surface area (Å²) in [6, 6.07) is 6.78. The van der Waals surface area contributed by atoms with Crippen molar-refractivity contribution < 1.29 is 18.5 Å². The Kier molecular flexibility index (Phi) is 5.67. The number of aromatic nitrogens is 1. The van der Waals surface area contributed by atoms with Crippen LogP contribution in [0, 0.1) is 5.82 Å². The van der Waals surface area contributed by atoms with Gasteiger partial charge in [-0.3, -0.25) is 4.79 Å². The number of halogens is 1. The Bertz CT molecular complexity index is 661. The van der Waals surface area contributed by atoms with Crippen LogP contribution in [0.15, 0.2) is 41.1 Å². The molecule has 2 aromatic rings. The van der Waals surface area contributed by atoms with Gasteiger partial charge in [-0.25, -0.2) is 9.18 Å². The lowest BCUT2D eigenvalue weighted by atomic mass is 10.3. The van der Waals surface area contributed by atoms with Gasteiger partial charge in [-0.2, -0.15) is 0 Å². The van der Waals surface area contributed by atoms with Gasteiger partial charge >= 0.3 is 6.03 Å². The third-order valence-corrected chi connectivity index (χ3v) is 2.94. The van der Waals surface area contributed by atoms with E-state index in [1.807, 2.05) is 6.92 Å². The number of carbonyl (C=O) groups is 2. The number of hydrogen-bond acceptors (Lipinski definition) is 4. The van der Waals surface area contributed by atoms with Crippen LogP contribution in [0.25, 0.3) is 0 Å². The average Bonchev–Trinajstić information content (AvgIpc) is 3.02. The lowest BCUT2D eigenvalue weighted by Crippen LogP contribution is -2.41. The fourth-order valence-electron chi connectivity index (χ4n) is 1.91. The lowest BCUT2D eigenvalue weighted by Gasteiger charge is -2.21. The largest absolute Gasteiger partial charge is 0.363 e. The van der Waals surface area contributed by atoms with Crippen LogP contribution in [0.1, 0.15) is 13.3 Å². The first-order chi connectivity index (χ1) is 11.1. The molecule has 23 heavy (non-hydrogen) atoms. The van der Waals surface area contributed by atoms with Crippen LogP contribution < -0.4 is 10.6 Å². The minimum absolute atomic E-state index is 0.0653. The first-order valence-electron chi connectivity index (χ1n) is 7.11. The molecule has 0 aliphatic rings. The molecule has 122 valence electrons. The van der Waals surface area contributed by atoms with Crippen molar-refractivity contribution in [1.29, 1.82) is 0 Å². The second-order valence-corrected chi connectivity index (χ2v) is 4.76. The predicted octanol–water partition coefficient (Wildman–Crippen LogP) is 2.70. The summed E-state index contributed by atoms with van der Waals surface area (Å²) in [5.74, 6) is -0.693. The van der Waals surface area contributed by atoms with E-state index in [0.717, 1.165) is 0 Å². The fourth-order valence-corrected chi connectivity index (χ4v) is 1.91. The Hall–Kier alpha value is -2.90. The first-order valence-corrected chi connectivity index (χ1v) is 7.11. The Morgan fingerprint density at radius 3 is 2.70 bits per heavy atom. The molecule has 8 heteroatoms. The van der Waals surface area contributed by atoms with E-state index in [1.165, 1.54) is 35.4 Å². The quantitative estimate of drug-likeness (QED) is 0.856. The molecule has 0 atom stereocenters. The van der Waals surface area contributed by atoms with E-state index in [9.17, 15) is 14.0 Å². The number of amides is 3. The van der Waals surface area contributed by atoms with Gasteiger partial charge in [-0.1, -0.05) is 24.2 Å². The van der Waals surface area contributed by atoms with E-state index in [4.69, 9.17) is 0 Å². The molecule has 0 bridgehead atoms. The Labute approximate surface area is 132 Å². The SMILES string of the molecule is CCCN(CC(=O)Nc1ccon1)C(=O)Nc1ccccc1F. The summed E-state index contributed by atoms with van der Waals surface area (Å²) < 4.78 is 18.2. The van der Waals surface area contributed by atoms with Gasteiger partial charge in [-0.15, -0.1) is 0 Å². The van der Waals surface area contributed by atoms with Crippen molar-refractivity contribution in [2.24, 2.45) is 0 Å². The maximum absolute atomic E-state index is 13.6. The zero-order chi connectivity index (χ0) is 16.7. The molecule has 1 heterocycles. The Morgan fingerprint density at radius 1 is 1.26 bits per heavy atom. The van der Waals surface area contributed by atoms with Crippen LogP contribution in [-0.2, 0) is 4.79 Å². The molecule has 0 fully saturated rings. The monoisotopic (exact) mass is 320 g/mol. The molecule has 0 saturated carbocycles. The van der Waals surface area contributed by atoms with Crippen molar-refractivity contribution in [1.82, 2.24) is 10.1 Å². The van der Waals surface area contributed by atoms with Gasteiger partial charge in [-0.05, 0) is 18.6 Å². The van der Waals surface area contributed by atoms with Gasteiger partial charge in [0.05, 0.1) is 5.69 Å². The molecule has 1 aromatic carbocycles. The molecule has 3 amide bonds. The lowest BCUT2D eigenvalue weighted by molar-refractivity contribution is -0.116. The molecule has 2 rings (SSSR count). The molecular formula is C15H17FN4O3. The summed E-state index contributed by atoms with van der Waals surface area (Å²) in [4.78, 5) is 25.5. The van der Waals surface area contributed by atoms with Crippen LogP contribution in [0.3, 0.4) is 0 Å². The summed E-state index contributed by atoms with van der Waals surface area (Å²) in [6.45, 7) is 2.05. The van der Waals surface area contributed by atoms with E-state index in [-0.39, 0.29) is 18.1 Å². The van der Waals surface area contributed by atoms with Crippen molar-refractivity contribution in [3.8, 4) is 0 Å². The van der Waals surface area contributed by atoms with Crippen LogP contribution in [-0.4, -0.2) is 35.1 Å². The molecule has 0 aliphatic heterocycles. The van der Waals surface area contributed by atoms with Gasteiger partial charge in [0.15, 0.2) is 5.82 Å². The van der Waals surface area contributed by atoms with Crippen molar-refractivity contribution >= 4 is 23.4 Å². The van der Waals surface area contributed by atoms with Gasteiger partial charge in [0.1, 0.15) is 18.6 Å². The van der Waals surface area contributed by atoms with Crippen LogP contribution in [0.5, 0.6) is 0 Å². The molecule has 0 saturated heterocycles. The van der Waals surface area contributed by atoms with Crippen molar-refractivity contribution in [3.05, 3.63) is 42.4 Å². The highest BCUT2D eigenvalue weighted by molar-refractivity contribution is 5.96. The van der Waals surface area contributed by atoms with Crippen molar-refractivity contribution in [2.45, 2.75) is 13.3 Å². The number of nitrogens with zero attached hydrogens (tertiary/aromatic N) is 2. The molecule has 1 aromatic heterocycles. The number of hydrogen-bond donors (Lipinski definition) is 2. The maximum Gasteiger partial charge on any atom is 0.322 e. The van der Waals surface area contributed by atoms with E-state index in [1.54, 1.807) is 6.07 Å². The topological polar surface area (TPSA) is 87.5 Å². The standard InChI is InChI=1S/C15H17FN4O3/c1-2-8-20(10-14(21)18-13-7-9-23-19-13)15(22)17-12-6-4-3-5-11(12)16/h3-7,9H,2,8,10H2,1H3,(H,17,22)(H,18,19,21). The molecule has 0 radical (unpaired) electrons. The van der Waals surface area contributed by atoms with Crippen LogP contribution >= 0.6 is 0 Å². The first kappa shape index (κ1) is 16.5. The Balaban J connectivity index is 1.98. The number of urea groups is 1. The van der Waals surface area contributed by atoms with E-state index in [2.05, 4.69) is 20.3 Å². The number of benzene rings is 1. The zero-order valence-corrected chi connectivity index (χ0v) is 12.6. The maximum atomic E-state index is 13.6. The third kappa shape index (κ3) is 4.80. The molecule has 7 nitrogen and oxygen atoms in total. The smallest absolute Gasteiger partial charge is 0.322 e. The fraction of sp³-hybridized carbons (Fsp3) is 0.267. The summed E-state index contributed by atoms with van der Waals surface area (Å²) in [5.41, 5.74) is 0.0653. The number of carbonyl (C=O) groups excluding carboxylic acids is 2. The summed E-state index contributed by atoms with van der Waals surface area (Å²) in [6.07, 6.45) is 1.98. The van der Waals surface area contributed by atoms with Crippen LogP contribution in [0.4, 0.5) is 20.7 Å². The Morgan fingerprint density at radius 2 is 2.04 bits per heavy atom. The number of anilines is 2. The molecule has 0 aliphatic carbocycles. The van der Waals surface area contributed by atoms with Crippen molar-refractivity contribution in [3.63, 3.8) is 0 Å². The zero-order valence-electron chi connectivity index (χ0n) is 12.6. The van der Waals surface area contributed by atoms with Gasteiger partial charge in [0.2, 0.25) is 5.91 Å². The van der Waals surface area contributed by atoms with Gasteiger partial charge in [0.25, 0.3) is 0 Å². The van der Waals surface area contributed by atoms with Gasteiger partial charge < -0.3 is 20.1 Å². The second-order valence-electron chi connectivity index (χ2n) is 4.76. The number of para-hydroxylation sites is 1. The molecular weight excluding hydrogens is 303 g/mol. The predicted molar refractivity (Wildman–Crippen MR) is 82.4 cm³/mol. The van der Waals surface area contributed by atoms with Crippen LogP contribution in [0.2, 0.25) is 0 Å². The minimum atomic E-state index is -0.549. The van der Waals surface area contributed by atoms with Gasteiger partial charge in [0, 0.05) is 12.6 Å². The third-order valence-electron chi connectivity index (χ3n) is 2.94. The average molecular weight is 320 g/mol. The minimum Gasteiger partial charge on any atom is -0.363 e. The summed E-state index contributed by atoms with van der Waals surface area (Å²) in [7, 11) is 0. The highest BCUT2D eigenvalue weighted by Gasteiger charge is 2.18. The van der Waals surface area contributed by atoms with E-state index < -0.39 is 17.8 Å². The normalized spacial score (nSPS) is 10.2. The highest BCUT2D eigenvalue weighted by Crippen LogP contribution is 2.13. The van der Waals surface area contributed by atoms with Crippen molar-refractivity contribution in [2.75, 3.05) is 23.7 Å². The van der Waals surface area contributed by atoms with E-state index in [0.29, 0.717) is 13.0 Å².